The van der Waals surface area contributed by atoms with Crippen LogP contribution in [0, 0.1) is 0 Å². The quantitative estimate of drug-likeness (QED) is 0.736. The standard InChI is InChI=1S/C18H15NO/c1-12-15-7-3-4-8-16(15)13(2)18(20)17(12)10-14-6-5-9-19-11-14/h3-11H,1-2H3. The van der Waals surface area contributed by atoms with Crippen LogP contribution < -0.4 is 10.4 Å². The molecule has 0 N–H and O–H groups in total. The molecule has 0 fully saturated rings. The summed E-state index contributed by atoms with van der Waals surface area (Å²) in [7, 11) is 0. The minimum absolute atomic E-state index is 0.102. The summed E-state index contributed by atoms with van der Waals surface area (Å²) in [5.74, 6) is 0.102. The van der Waals surface area contributed by atoms with Crippen molar-refractivity contribution in [1.82, 2.24) is 4.98 Å². The maximum Gasteiger partial charge on any atom is 0.189 e. The largest absolute Gasteiger partial charge is 0.289 e. The van der Waals surface area contributed by atoms with Gasteiger partial charge in [0.15, 0.2) is 5.78 Å². The zero-order valence-electron chi connectivity index (χ0n) is 11.6. The van der Waals surface area contributed by atoms with E-state index in [1.165, 1.54) is 0 Å². The monoisotopic (exact) mass is 261 g/mol. The number of benzene rings is 1. The Balaban J connectivity index is 2.29. The van der Waals surface area contributed by atoms with Crippen LogP contribution in [0.4, 0.5) is 0 Å². The van der Waals surface area contributed by atoms with Crippen LogP contribution in [0.1, 0.15) is 19.4 Å². The molecule has 0 saturated carbocycles. The molecule has 0 radical (unpaired) electrons. The van der Waals surface area contributed by atoms with Crippen LogP contribution in [0.5, 0.6) is 0 Å². The van der Waals surface area contributed by atoms with E-state index in [9.17, 15) is 4.79 Å². The molecule has 0 spiro atoms. The van der Waals surface area contributed by atoms with Gasteiger partial charge in [-0.2, -0.15) is 0 Å². The van der Waals surface area contributed by atoms with E-state index < -0.39 is 0 Å². The van der Waals surface area contributed by atoms with Gasteiger partial charge in [0.2, 0.25) is 0 Å². The summed E-state index contributed by atoms with van der Waals surface area (Å²) in [5.41, 5.74) is 3.54. The van der Waals surface area contributed by atoms with E-state index in [0.29, 0.717) is 0 Å². The van der Waals surface area contributed by atoms with Crippen LogP contribution in [-0.2, 0) is 4.79 Å². The van der Waals surface area contributed by atoms with Crippen LogP contribution in [-0.4, -0.2) is 10.8 Å². The van der Waals surface area contributed by atoms with E-state index >= 15 is 0 Å². The molecule has 1 aliphatic carbocycles. The molecule has 20 heavy (non-hydrogen) atoms. The summed E-state index contributed by atoms with van der Waals surface area (Å²) in [4.78, 5) is 16.6. The summed E-state index contributed by atoms with van der Waals surface area (Å²) in [6, 6.07) is 11.9. The fraction of sp³-hybridized carbons (Fsp3) is 0.111. The van der Waals surface area contributed by atoms with Crippen molar-refractivity contribution < 1.29 is 4.79 Å². The molecule has 1 heterocycles. The molecule has 0 bridgehead atoms. The predicted molar refractivity (Wildman–Crippen MR) is 81.1 cm³/mol. The van der Waals surface area contributed by atoms with Crippen molar-refractivity contribution in [2.75, 3.05) is 0 Å². The van der Waals surface area contributed by atoms with Gasteiger partial charge in [-0.15, -0.1) is 0 Å². The number of ketones is 1. The molecule has 3 rings (SSSR count). The van der Waals surface area contributed by atoms with Crippen LogP contribution in [0.2, 0.25) is 0 Å². The highest BCUT2D eigenvalue weighted by atomic mass is 16.1. The second-order valence-electron chi connectivity index (χ2n) is 4.97. The molecular formula is C18H15NO. The van der Waals surface area contributed by atoms with Crippen LogP contribution in [0.25, 0.3) is 17.2 Å². The summed E-state index contributed by atoms with van der Waals surface area (Å²) in [6.45, 7) is 3.90. The Morgan fingerprint density at radius 2 is 1.65 bits per heavy atom. The third kappa shape index (κ3) is 1.99. The molecule has 0 aliphatic heterocycles. The molecule has 0 unspecified atom stereocenters. The lowest BCUT2D eigenvalue weighted by Gasteiger charge is -2.14. The summed E-state index contributed by atoms with van der Waals surface area (Å²) < 4.78 is 0. The van der Waals surface area contributed by atoms with Gasteiger partial charge in [-0.25, -0.2) is 0 Å². The number of rotatable bonds is 1. The second kappa shape index (κ2) is 4.89. The smallest absolute Gasteiger partial charge is 0.189 e. The van der Waals surface area contributed by atoms with Crippen molar-refractivity contribution >= 4 is 23.0 Å². The Morgan fingerprint density at radius 1 is 0.950 bits per heavy atom. The molecule has 2 aromatic rings. The van der Waals surface area contributed by atoms with Gasteiger partial charge < -0.3 is 0 Å². The Kier molecular flexibility index (Phi) is 3.07. The maximum atomic E-state index is 12.6. The predicted octanol–water partition coefficient (Wildman–Crippen LogP) is 2.09. The number of carbonyl (C=O) groups is 1. The van der Waals surface area contributed by atoms with E-state index in [4.69, 9.17) is 0 Å². The molecule has 0 atom stereocenters. The minimum Gasteiger partial charge on any atom is -0.289 e. The van der Waals surface area contributed by atoms with Gasteiger partial charge in [-0.3, -0.25) is 9.78 Å². The third-order valence-electron chi connectivity index (χ3n) is 3.72. The van der Waals surface area contributed by atoms with E-state index in [2.05, 4.69) is 11.1 Å². The average molecular weight is 261 g/mol. The van der Waals surface area contributed by atoms with Gasteiger partial charge >= 0.3 is 0 Å². The molecule has 98 valence electrons. The van der Waals surface area contributed by atoms with Gasteiger partial charge in [0.1, 0.15) is 0 Å². The Bertz CT molecular complexity index is 829. The fourth-order valence-corrected chi connectivity index (χ4v) is 2.58. The number of aromatic nitrogens is 1. The Labute approximate surface area is 117 Å². The van der Waals surface area contributed by atoms with E-state index in [1.54, 1.807) is 12.4 Å². The van der Waals surface area contributed by atoms with E-state index in [0.717, 1.165) is 32.7 Å². The van der Waals surface area contributed by atoms with Gasteiger partial charge in [0.25, 0.3) is 0 Å². The van der Waals surface area contributed by atoms with Crippen molar-refractivity contribution in [3.05, 3.63) is 70.4 Å². The van der Waals surface area contributed by atoms with Gasteiger partial charge in [0.05, 0.1) is 0 Å². The number of allylic oxidation sites excluding steroid dienone is 1. The van der Waals surface area contributed by atoms with Crippen LogP contribution in [0.3, 0.4) is 0 Å². The Morgan fingerprint density at radius 3 is 2.30 bits per heavy atom. The topological polar surface area (TPSA) is 30.0 Å². The lowest BCUT2D eigenvalue weighted by Crippen LogP contribution is -2.35. The average Bonchev–Trinajstić information content (AvgIpc) is 2.50. The molecule has 1 aliphatic rings. The molecule has 0 saturated heterocycles. The summed E-state index contributed by atoms with van der Waals surface area (Å²) in [5, 5.41) is 2.18. The van der Waals surface area contributed by atoms with Crippen molar-refractivity contribution in [3.63, 3.8) is 0 Å². The number of Topliss-reactive ketones (excluding diaryl/α,β-unsaturated/α-hetero) is 1. The third-order valence-corrected chi connectivity index (χ3v) is 3.72. The number of carbonyl (C=O) groups excluding carboxylic acids is 1. The first kappa shape index (κ1) is 12.5. The van der Waals surface area contributed by atoms with E-state index in [-0.39, 0.29) is 5.78 Å². The lowest BCUT2D eigenvalue weighted by molar-refractivity contribution is -0.110. The summed E-state index contributed by atoms with van der Waals surface area (Å²) >= 11 is 0. The molecule has 1 aromatic heterocycles. The minimum atomic E-state index is 0.102. The van der Waals surface area contributed by atoms with Crippen molar-refractivity contribution in [2.24, 2.45) is 0 Å². The normalized spacial score (nSPS) is 16.5. The van der Waals surface area contributed by atoms with Gasteiger partial charge in [-0.1, -0.05) is 30.3 Å². The maximum absolute atomic E-state index is 12.6. The number of pyridine rings is 1. The van der Waals surface area contributed by atoms with E-state index in [1.807, 2.05) is 50.3 Å². The molecule has 2 nitrogen and oxygen atoms in total. The highest BCUT2D eigenvalue weighted by Gasteiger charge is 2.19. The second-order valence-corrected chi connectivity index (χ2v) is 4.97. The highest BCUT2D eigenvalue weighted by molar-refractivity contribution is 6.31. The first-order chi connectivity index (χ1) is 9.68. The van der Waals surface area contributed by atoms with Crippen molar-refractivity contribution in [3.8, 4) is 0 Å². The zero-order chi connectivity index (χ0) is 14.1. The first-order valence-electron chi connectivity index (χ1n) is 6.62. The van der Waals surface area contributed by atoms with Crippen LogP contribution in [0.15, 0.2) is 54.4 Å². The molecule has 2 heteroatoms. The number of hydrogen-bond donors (Lipinski definition) is 0. The number of fused-ring (bicyclic) bond motifs is 1. The molecule has 1 aromatic carbocycles. The highest BCUT2D eigenvalue weighted by Crippen LogP contribution is 2.20. The SMILES string of the molecule is CC1=c2ccccc2=C(C)C(=Cc2cccnc2)C1=O. The fourth-order valence-electron chi connectivity index (χ4n) is 2.58. The lowest BCUT2D eigenvalue weighted by atomic mass is 9.88. The number of nitrogens with zero attached hydrogens (tertiary/aromatic N) is 1. The molecular weight excluding hydrogens is 246 g/mol. The summed E-state index contributed by atoms with van der Waals surface area (Å²) in [6.07, 6.45) is 5.42. The van der Waals surface area contributed by atoms with Gasteiger partial charge in [0, 0.05) is 23.5 Å². The van der Waals surface area contributed by atoms with Crippen molar-refractivity contribution in [1.29, 1.82) is 0 Å². The van der Waals surface area contributed by atoms with Gasteiger partial charge in [-0.05, 0) is 47.6 Å². The Hall–Kier alpha value is -2.48. The molecule has 0 amide bonds. The van der Waals surface area contributed by atoms with Crippen LogP contribution >= 0.6 is 0 Å². The van der Waals surface area contributed by atoms with Crippen molar-refractivity contribution in [2.45, 2.75) is 13.8 Å². The zero-order valence-corrected chi connectivity index (χ0v) is 11.6. The first-order valence-corrected chi connectivity index (χ1v) is 6.62. The number of hydrogen-bond acceptors (Lipinski definition) is 2.